The zero-order valence-corrected chi connectivity index (χ0v) is 10.4. The van der Waals surface area contributed by atoms with E-state index in [1.165, 1.54) is 12.1 Å². The maximum Gasteiger partial charge on any atom is 0.124 e. The molecule has 0 aromatic heterocycles. The van der Waals surface area contributed by atoms with Crippen LogP contribution >= 0.6 is 0 Å². The van der Waals surface area contributed by atoms with Crippen molar-refractivity contribution in [3.8, 4) is 11.8 Å². The molecule has 0 aliphatic carbocycles. The Morgan fingerprint density at radius 3 is 2.53 bits per heavy atom. The third-order valence-corrected chi connectivity index (χ3v) is 2.87. The first-order valence-corrected chi connectivity index (χ1v) is 5.85. The Labute approximate surface area is 110 Å². The molecule has 0 radical (unpaired) electrons. The van der Waals surface area contributed by atoms with Gasteiger partial charge in [0.1, 0.15) is 17.6 Å². The summed E-state index contributed by atoms with van der Waals surface area (Å²) < 4.78 is 13.0. The fourth-order valence-electron chi connectivity index (χ4n) is 1.81. The van der Waals surface area contributed by atoms with Crippen molar-refractivity contribution < 1.29 is 9.50 Å². The van der Waals surface area contributed by atoms with Crippen molar-refractivity contribution in [1.82, 2.24) is 0 Å². The third-order valence-electron chi connectivity index (χ3n) is 2.87. The van der Waals surface area contributed by atoms with E-state index < -0.39 is 5.82 Å². The molecule has 2 N–H and O–H groups in total. The van der Waals surface area contributed by atoms with Gasteiger partial charge in [-0.3, -0.25) is 0 Å². The minimum absolute atomic E-state index is 0.0573. The van der Waals surface area contributed by atoms with Crippen LogP contribution in [-0.4, -0.2) is 5.11 Å². The normalized spacial score (nSPS) is 11.6. The lowest BCUT2D eigenvalue weighted by molar-refractivity contribution is 0.475. The molecule has 2 aromatic carbocycles. The summed E-state index contributed by atoms with van der Waals surface area (Å²) in [5, 5.41) is 21.4. The number of phenolic OH excluding ortho intramolecular Hbond substituents is 1. The molecule has 0 heterocycles. The van der Waals surface area contributed by atoms with E-state index in [0.717, 1.165) is 5.56 Å². The molecule has 0 aliphatic rings. The molecule has 3 nitrogen and oxygen atoms in total. The topological polar surface area (TPSA) is 56.0 Å². The van der Waals surface area contributed by atoms with Gasteiger partial charge in [0.05, 0.1) is 11.3 Å². The first kappa shape index (κ1) is 12.9. The van der Waals surface area contributed by atoms with Crippen LogP contribution in [0.15, 0.2) is 42.5 Å². The van der Waals surface area contributed by atoms with Crippen LogP contribution in [0.3, 0.4) is 0 Å². The second-order valence-electron chi connectivity index (χ2n) is 4.26. The summed E-state index contributed by atoms with van der Waals surface area (Å²) in [4.78, 5) is 0. The van der Waals surface area contributed by atoms with Gasteiger partial charge in [-0.1, -0.05) is 12.1 Å². The maximum atomic E-state index is 13.0. The fraction of sp³-hybridized carbons (Fsp3) is 0.133. The van der Waals surface area contributed by atoms with Crippen LogP contribution in [0.1, 0.15) is 24.1 Å². The minimum atomic E-state index is -0.431. The van der Waals surface area contributed by atoms with Gasteiger partial charge in [0.15, 0.2) is 0 Å². The lowest BCUT2D eigenvalue weighted by atomic mass is 10.1. The van der Waals surface area contributed by atoms with Crippen molar-refractivity contribution in [2.45, 2.75) is 13.0 Å². The van der Waals surface area contributed by atoms with Crippen molar-refractivity contribution in [3.05, 3.63) is 59.4 Å². The second kappa shape index (κ2) is 5.40. The predicted octanol–water partition coefficient (Wildman–Crippen LogP) is 3.58. The first-order valence-electron chi connectivity index (χ1n) is 5.85. The van der Waals surface area contributed by atoms with Gasteiger partial charge in [-0.2, -0.15) is 5.26 Å². The molecule has 0 amide bonds. The number of anilines is 1. The average molecular weight is 256 g/mol. The molecule has 2 rings (SSSR count). The number of nitrogens with one attached hydrogen (secondary N) is 1. The molecule has 0 fully saturated rings. The molecule has 19 heavy (non-hydrogen) atoms. The highest BCUT2D eigenvalue weighted by atomic mass is 19.1. The van der Waals surface area contributed by atoms with E-state index in [9.17, 15) is 9.50 Å². The van der Waals surface area contributed by atoms with E-state index >= 15 is 0 Å². The van der Waals surface area contributed by atoms with Crippen LogP contribution in [0.2, 0.25) is 0 Å². The van der Waals surface area contributed by atoms with Gasteiger partial charge < -0.3 is 10.4 Å². The number of rotatable bonds is 3. The summed E-state index contributed by atoms with van der Waals surface area (Å²) in [6, 6.07) is 12.8. The van der Waals surface area contributed by atoms with Crippen molar-refractivity contribution in [2.24, 2.45) is 0 Å². The zero-order valence-electron chi connectivity index (χ0n) is 10.4. The monoisotopic (exact) mass is 256 g/mol. The summed E-state index contributed by atoms with van der Waals surface area (Å²) in [6.45, 7) is 1.93. The Balaban J connectivity index is 2.21. The highest BCUT2D eigenvalue weighted by Crippen LogP contribution is 2.23. The Morgan fingerprint density at radius 2 is 1.89 bits per heavy atom. The zero-order chi connectivity index (χ0) is 13.8. The van der Waals surface area contributed by atoms with Crippen LogP contribution in [0.4, 0.5) is 10.1 Å². The number of nitriles is 1. The quantitative estimate of drug-likeness (QED) is 0.882. The number of phenols is 1. The van der Waals surface area contributed by atoms with Crippen molar-refractivity contribution in [2.75, 3.05) is 5.32 Å². The van der Waals surface area contributed by atoms with E-state index in [1.807, 2.05) is 13.0 Å². The summed E-state index contributed by atoms with van der Waals surface area (Å²) in [7, 11) is 0. The standard InChI is InChI=1S/C15H13FN2O/c1-10(11-2-5-14(19)6-3-11)18-15-7-4-13(16)8-12(15)9-17/h2-8,10,18-19H,1H3. The molecule has 0 bridgehead atoms. The van der Waals surface area contributed by atoms with Crippen LogP contribution in [0.25, 0.3) is 0 Å². The maximum absolute atomic E-state index is 13.0. The minimum Gasteiger partial charge on any atom is -0.508 e. The van der Waals surface area contributed by atoms with E-state index in [1.54, 1.807) is 30.3 Å². The van der Waals surface area contributed by atoms with Gasteiger partial charge in [-0.05, 0) is 42.8 Å². The Bertz CT molecular complexity index is 617. The molecule has 1 atom stereocenters. The SMILES string of the molecule is CC(Nc1ccc(F)cc1C#N)c1ccc(O)cc1. The van der Waals surface area contributed by atoms with E-state index in [0.29, 0.717) is 5.69 Å². The molecule has 4 heteroatoms. The van der Waals surface area contributed by atoms with Crippen molar-refractivity contribution in [1.29, 1.82) is 5.26 Å². The molecule has 1 unspecified atom stereocenters. The van der Waals surface area contributed by atoms with Gasteiger partial charge in [-0.15, -0.1) is 0 Å². The number of hydrogen-bond donors (Lipinski definition) is 2. The highest BCUT2D eigenvalue weighted by molar-refractivity contribution is 5.58. The first-order chi connectivity index (χ1) is 9.10. The lowest BCUT2D eigenvalue weighted by Crippen LogP contribution is -2.07. The molecular formula is C15H13FN2O. The number of aromatic hydroxyl groups is 1. The molecule has 0 saturated heterocycles. The molecule has 96 valence electrons. The molecule has 0 spiro atoms. The summed E-state index contributed by atoms with van der Waals surface area (Å²) >= 11 is 0. The number of nitrogens with zero attached hydrogens (tertiary/aromatic N) is 1. The van der Waals surface area contributed by atoms with Crippen LogP contribution in [0.5, 0.6) is 5.75 Å². The number of halogens is 1. The van der Waals surface area contributed by atoms with Crippen molar-refractivity contribution >= 4 is 5.69 Å². The average Bonchev–Trinajstić information content (AvgIpc) is 2.41. The molecule has 0 aliphatic heterocycles. The Morgan fingerprint density at radius 1 is 1.21 bits per heavy atom. The Hall–Kier alpha value is -2.54. The summed E-state index contributed by atoms with van der Waals surface area (Å²) in [5.74, 6) is -0.227. The van der Waals surface area contributed by atoms with E-state index in [4.69, 9.17) is 5.26 Å². The van der Waals surface area contributed by atoms with Gasteiger partial charge in [-0.25, -0.2) is 4.39 Å². The Kier molecular flexibility index (Phi) is 3.67. The van der Waals surface area contributed by atoms with Gasteiger partial charge >= 0.3 is 0 Å². The van der Waals surface area contributed by atoms with Gasteiger partial charge in [0.2, 0.25) is 0 Å². The number of hydrogen-bond acceptors (Lipinski definition) is 3. The van der Waals surface area contributed by atoms with E-state index in [2.05, 4.69) is 5.32 Å². The smallest absolute Gasteiger partial charge is 0.124 e. The summed E-state index contributed by atoms with van der Waals surface area (Å²) in [6.07, 6.45) is 0. The van der Waals surface area contributed by atoms with Crippen LogP contribution in [-0.2, 0) is 0 Å². The second-order valence-corrected chi connectivity index (χ2v) is 4.26. The van der Waals surface area contributed by atoms with E-state index in [-0.39, 0.29) is 17.4 Å². The highest BCUT2D eigenvalue weighted by Gasteiger charge is 2.09. The van der Waals surface area contributed by atoms with Gasteiger partial charge in [0.25, 0.3) is 0 Å². The fourth-order valence-corrected chi connectivity index (χ4v) is 1.81. The summed E-state index contributed by atoms with van der Waals surface area (Å²) in [5.41, 5.74) is 1.82. The molecule has 0 saturated carbocycles. The molecule has 2 aromatic rings. The predicted molar refractivity (Wildman–Crippen MR) is 71.3 cm³/mol. The lowest BCUT2D eigenvalue weighted by Gasteiger charge is -2.16. The number of benzene rings is 2. The largest absolute Gasteiger partial charge is 0.508 e. The third kappa shape index (κ3) is 3.02. The van der Waals surface area contributed by atoms with Crippen molar-refractivity contribution in [3.63, 3.8) is 0 Å². The molecular weight excluding hydrogens is 243 g/mol. The van der Waals surface area contributed by atoms with Crippen LogP contribution in [0, 0.1) is 17.1 Å². The van der Waals surface area contributed by atoms with Gasteiger partial charge in [0, 0.05) is 6.04 Å². The van der Waals surface area contributed by atoms with Crippen LogP contribution < -0.4 is 5.32 Å².